The van der Waals surface area contributed by atoms with E-state index in [0.29, 0.717) is 6.10 Å². The second-order valence-corrected chi connectivity index (χ2v) is 6.89. The maximum atomic E-state index is 5.92. The quantitative estimate of drug-likeness (QED) is 0.845. The Labute approximate surface area is 137 Å². The summed E-state index contributed by atoms with van der Waals surface area (Å²) in [7, 11) is 0. The molecular weight excluding hydrogens is 328 g/mol. The molecule has 0 amide bonds. The second-order valence-electron chi connectivity index (χ2n) is 6.04. The Morgan fingerprint density at radius 3 is 2.95 bits per heavy atom. The first-order valence-corrected chi connectivity index (χ1v) is 8.80. The van der Waals surface area contributed by atoms with Crippen LogP contribution in [-0.4, -0.2) is 31.8 Å². The molecule has 0 aliphatic carbocycles. The maximum absolute atomic E-state index is 5.92. The van der Waals surface area contributed by atoms with E-state index in [-0.39, 0.29) is 6.04 Å². The minimum Gasteiger partial charge on any atom is -0.376 e. The minimum atomic E-state index is 0.189. The van der Waals surface area contributed by atoms with Crippen LogP contribution in [0.2, 0.25) is 0 Å². The van der Waals surface area contributed by atoms with E-state index in [1.165, 1.54) is 24.1 Å². The van der Waals surface area contributed by atoms with E-state index in [0.717, 1.165) is 37.0 Å². The molecule has 1 aliphatic rings. The van der Waals surface area contributed by atoms with E-state index in [1.54, 1.807) is 0 Å². The zero-order chi connectivity index (χ0) is 15.2. The first kappa shape index (κ1) is 16.8. The summed E-state index contributed by atoms with van der Waals surface area (Å²) >= 11 is 3.69. The summed E-state index contributed by atoms with van der Waals surface area (Å²) in [6.45, 7) is 7.19. The lowest BCUT2D eigenvalue weighted by Crippen LogP contribution is -2.39. The van der Waals surface area contributed by atoms with Gasteiger partial charge < -0.3 is 15.4 Å². The molecule has 2 unspecified atom stereocenters. The van der Waals surface area contributed by atoms with Gasteiger partial charge in [-0.15, -0.1) is 0 Å². The molecule has 2 rings (SSSR count). The van der Waals surface area contributed by atoms with Crippen molar-refractivity contribution >= 4 is 21.6 Å². The molecule has 0 radical (unpaired) electrons. The Hall–Kier alpha value is -0.580. The highest BCUT2D eigenvalue weighted by atomic mass is 79.9. The van der Waals surface area contributed by atoms with Gasteiger partial charge in [0.1, 0.15) is 0 Å². The van der Waals surface area contributed by atoms with Crippen molar-refractivity contribution in [3.05, 3.63) is 28.2 Å². The Kier molecular flexibility index (Phi) is 6.52. The molecule has 1 saturated heterocycles. The molecule has 0 spiro atoms. The number of rotatable bonds is 6. The second kappa shape index (κ2) is 8.16. The highest BCUT2D eigenvalue weighted by Gasteiger charge is 2.21. The largest absolute Gasteiger partial charge is 0.376 e. The first-order chi connectivity index (χ1) is 10.1. The lowest BCUT2D eigenvalue weighted by molar-refractivity contribution is 0.0440. The molecule has 0 aromatic heterocycles. The highest BCUT2D eigenvalue weighted by Crippen LogP contribution is 2.27. The van der Waals surface area contributed by atoms with Crippen LogP contribution in [0.15, 0.2) is 22.7 Å². The summed E-state index contributed by atoms with van der Waals surface area (Å²) in [5.41, 5.74) is 8.45. The third-order valence-corrected chi connectivity index (χ3v) is 4.62. The van der Waals surface area contributed by atoms with Crippen LogP contribution in [0.3, 0.4) is 0 Å². The first-order valence-electron chi connectivity index (χ1n) is 8.00. The van der Waals surface area contributed by atoms with Crippen LogP contribution in [-0.2, 0) is 11.2 Å². The van der Waals surface area contributed by atoms with Crippen molar-refractivity contribution in [2.24, 2.45) is 5.73 Å². The van der Waals surface area contributed by atoms with Crippen LogP contribution in [0.25, 0.3) is 0 Å². The van der Waals surface area contributed by atoms with Gasteiger partial charge in [-0.2, -0.15) is 0 Å². The van der Waals surface area contributed by atoms with Gasteiger partial charge in [-0.05, 0) is 50.3 Å². The monoisotopic (exact) mass is 354 g/mol. The number of ether oxygens (including phenoxy) is 1. The van der Waals surface area contributed by atoms with Crippen LogP contribution in [0.4, 0.5) is 5.69 Å². The molecule has 0 bridgehead atoms. The van der Waals surface area contributed by atoms with Crippen LogP contribution >= 0.6 is 15.9 Å². The van der Waals surface area contributed by atoms with E-state index < -0.39 is 0 Å². The minimum absolute atomic E-state index is 0.189. The van der Waals surface area contributed by atoms with Crippen molar-refractivity contribution in [3.8, 4) is 0 Å². The Bertz CT molecular complexity index is 450. The summed E-state index contributed by atoms with van der Waals surface area (Å²) in [6, 6.07) is 6.82. The summed E-state index contributed by atoms with van der Waals surface area (Å²) < 4.78 is 7.08. The van der Waals surface area contributed by atoms with Crippen LogP contribution in [0, 0.1) is 0 Å². The number of nitrogens with two attached hydrogens (primary N) is 1. The van der Waals surface area contributed by atoms with E-state index in [9.17, 15) is 0 Å². The van der Waals surface area contributed by atoms with Gasteiger partial charge in [0, 0.05) is 35.9 Å². The fourth-order valence-corrected chi connectivity index (χ4v) is 3.37. The standard InChI is InChI=1S/C17H27BrN2O/c1-3-9-21-16-5-4-8-20(12-16)15-7-6-14(10-13(2)19)17(18)11-15/h6-7,11,13,16H,3-5,8-10,12,19H2,1-2H3. The molecule has 1 fully saturated rings. The summed E-state index contributed by atoms with van der Waals surface area (Å²) in [5.74, 6) is 0. The van der Waals surface area contributed by atoms with Gasteiger partial charge in [-0.3, -0.25) is 0 Å². The third kappa shape index (κ3) is 4.97. The van der Waals surface area contributed by atoms with E-state index in [1.807, 2.05) is 6.92 Å². The van der Waals surface area contributed by atoms with Gasteiger partial charge in [0.25, 0.3) is 0 Å². The number of hydrogen-bond acceptors (Lipinski definition) is 3. The van der Waals surface area contributed by atoms with Crippen molar-refractivity contribution in [1.29, 1.82) is 0 Å². The van der Waals surface area contributed by atoms with Crippen LogP contribution < -0.4 is 10.6 Å². The van der Waals surface area contributed by atoms with Crippen LogP contribution in [0.5, 0.6) is 0 Å². The van der Waals surface area contributed by atoms with Crippen molar-refractivity contribution in [2.75, 3.05) is 24.6 Å². The van der Waals surface area contributed by atoms with Gasteiger partial charge in [0.05, 0.1) is 6.10 Å². The maximum Gasteiger partial charge on any atom is 0.0750 e. The average molecular weight is 355 g/mol. The normalized spacial score (nSPS) is 20.6. The number of benzene rings is 1. The highest BCUT2D eigenvalue weighted by molar-refractivity contribution is 9.10. The number of piperidine rings is 1. The fourth-order valence-electron chi connectivity index (χ4n) is 2.84. The van der Waals surface area contributed by atoms with E-state index in [2.05, 4.69) is 46.0 Å². The lowest BCUT2D eigenvalue weighted by atomic mass is 10.0. The Balaban J connectivity index is 2.02. The SMILES string of the molecule is CCCOC1CCCN(c2ccc(CC(C)N)c(Br)c2)C1. The number of halogens is 1. The number of anilines is 1. The van der Waals surface area contributed by atoms with Gasteiger partial charge in [0.15, 0.2) is 0 Å². The topological polar surface area (TPSA) is 38.5 Å². The molecule has 21 heavy (non-hydrogen) atoms. The van der Waals surface area contributed by atoms with Gasteiger partial charge in [-0.25, -0.2) is 0 Å². The van der Waals surface area contributed by atoms with Crippen molar-refractivity contribution < 1.29 is 4.74 Å². The zero-order valence-electron chi connectivity index (χ0n) is 13.1. The summed E-state index contributed by atoms with van der Waals surface area (Å²) in [4.78, 5) is 2.43. The molecule has 2 N–H and O–H groups in total. The van der Waals surface area contributed by atoms with Crippen molar-refractivity contribution in [1.82, 2.24) is 0 Å². The average Bonchev–Trinajstić information content (AvgIpc) is 2.47. The van der Waals surface area contributed by atoms with Gasteiger partial charge in [-0.1, -0.05) is 28.9 Å². The van der Waals surface area contributed by atoms with E-state index >= 15 is 0 Å². The summed E-state index contributed by atoms with van der Waals surface area (Å²) in [6.07, 6.45) is 4.76. The van der Waals surface area contributed by atoms with Gasteiger partial charge in [0.2, 0.25) is 0 Å². The van der Waals surface area contributed by atoms with E-state index in [4.69, 9.17) is 10.5 Å². The predicted molar refractivity (Wildman–Crippen MR) is 93.0 cm³/mol. The molecule has 2 atom stereocenters. The Morgan fingerprint density at radius 1 is 1.48 bits per heavy atom. The lowest BCUT2D eigenvalue weighted by Gasteiger charge is -2.34. The number of hydrogen-bond donors (Lipinski definition) is 1. The molecule has 118 valence electrons. The Morgan fingerprint density at radius 2 is 2.29 bits per heavy atom. The molecule has 1 aromatic rings. The molecule has 4 heteroatoms. The molecule has 1 aromatic carbocycles. The molecule has 0 saturated carbocycles. The van der Waals surface area contributed by atoms with Crippen LogP contribution in [0.1, 0.15) is 38.7 Å². The smallest absolute Gasteiger partial charge is 0.0750 e. The zero-order valence-corrected chi connectivity index (χ0v) is 14.7. The fraction of sp³-hybridized carbons (Fsp3) is 0.647. The summed E-state index contributed by atoms with van der Waals surface area (Å²) in [5, 5.41) is 0. The number of nitrogens with zero attached hydrogens (tertiary/aromatic N) is 1. The third-order valence-electron chi connectivity index (χ3n) is 3.88. The molecule has 1 aliphatic heterocycles. The van der Waals surface area contributed by atoms with Crippen molar-refractivity contribution in [3.63, 3.8) is 0 Å². The molecule has 1 heterocycles. The molecule has 3 nitrogen and oxygen atoms in total. The van der Waals surface area contributed by atoms with Crippen molar-refractivity contribution in [2.45, 2.75) is 51.7 Å². The van der Waals surface area contributed by atoms with Gasteiger partial charge >= 0.3 is 0 Å². The predicted octanol–water partition coefficient (Wildman–Crippen LogP) is 3.73. The molecular formula is C17H27BrN2O.